The van der Waals surface area contributed by atoms with Crippen LogP contribution in [0.3, 0.4) is 0 Å². The van der Waals surface area contributed by atoms with Gasteiger partial charge in [0.15, 0.2) is 0 Å². The molecule has 0 unspecified atom stereocenters. The molecule has 1 heterocycles. The Morgan fingerprint density at radius 3 is 2.85 bits per heavy atom. The number of rotatable bonds is 3. The van der Waals surface area contributed by atoms with Crippen LogP contribution in [0.5, 0.6) is 0 Å². The molecule has 0 amide bonds. The molecule has 1 aliphatic rings. The number of nitro groups is 1. The van der Waals surface area contributed by atoms with Gasteiger partial charge in [0, 0.05) is 6.07 Å². The molecule has 0 aliphatic heterocycles. The third kappa shape index (κ3) is 2.32. The van der Waals surface area contributed by atoms with Crippen LogP contribution >= 0.6 is 0 Å². The van der Waals surface area contributed by atoms with Crippen molar-refractivity contribution in [3.05, 3.63) is 52.3 Å². The Kier molecular flexibility index (Phi) is 3.28. The minimum absolute atomic E-state index is 0.0292. The highest BCUT2D eigenvalue weighted by Gasteiger charge is 2.17. The summed E-state index contributed by atoms with van der Waals surface area (Å²) in [4.78, 5) is 10.6. The first-order valence-corrected chi connectivity index (χ1v) is 6.61. The van der Waals surface area contributed by atoms with E-state index in [1.807, 2.05) is 0 Å². The molecule has 1 aromatic heterocycles. The Labute approximate surface area is 115 Å². The first-order valence-electron chi connectivity index (χ1n) is 6.61. The van der Waals surface area contributed by atoms with Crippen molar-refractivity contribution in [2.45, 2.75) is 25.7 Å². The smallest absolute Gasteiger partial charge is 0.258 e. The highest BCUT2D eigenvalue weighted by Crippen LogP contribution is 2.27. The third-order valence-electron chi connectivity index (χ3n) is 3.44. The summed E-state index contributed by atoms with van der Waals surface area (Å²) in [6.45, 7) is 0. The lowest BCUT2D eigenvalue weighted by Gasteiger charge is -2.08. The van der Waals surface area contributed by atoms with Gasteiger partial charge in [-0.15, -0.1) is 5.10 Å². The lowest BCUT2D eigenvalue weighted by atomic mass is 9.98. The highest BCUT2D eigenvalue weighted by molar-refractivity contribution is 5.63. The van der Waals surface area contributed by atoms with Gasteiger partial charge in [0.05, 0.1) is 11.1 Å². The Morgan fingerprint density at radius 2 is 2.10 bits per heavy atom. The third-order valence-corrected chi connectivity index (χ3v) is 3.44. The molecule has 1 aliphatic carbocycles. The summed E-state index contributed by atoms with van der Waals surface area (Å²) in [6.07, 6.45) is 8.37. The molecule has 0 radical (unpaired) electrons. The molecule has 0 spiro atoms. The van der Waals surface area contributed by atoms with Crippen molar-refractivity contribution in [1.82, 2.24) is 15.0 Å². The maximum Gasteiger partial charge on any atom is 0.294 e. The van der Waals surface area contributed by atoms with E-state index >= 15 is 0 Å². The summed E-state index contributed by atoms with van der Waals surface area (Å²) < 4.78 is 1.48. The molecule has 0 saturated heterocycles. The maximum absolute atomic E-state index is 11.0. The van der Waals surface area contributed by atoms with E-state index in [2.05, 4.69) is 16.4 Å². The van der Waals surface area contributed by atoms with E-state index in [4.69, 9.17) is 0 Å². The van der Waals surface area contributed by atoms with Crippen LogP contribution in [-0.4, -0.2) is 19.9 Å². The van der Waals surface area contributed by atoms with Gasteiger partial charge in [-0.1, -0.05) is 23.4 Å². The van der Waals surface area contributed by atoms with Gasteiger partial charge in [0.1, 0.15) is 11.4 Å². The maximum atomic E-state index is 11.0. The second kappa shape index (κ2) is 5.24. The standard InChI is InChI=1S/C14H14N4O2/c19-18(20)14-9-5-4-8-13(14)17-10-12(15-16-17)11-6-2-1-3-7-11/h4-6,8-10H,1-3,7H2. The largest absolute Gasteiger partial charge is 0.294 e. The number of nitro benzene ring substituents is 1. The average Bonchev–Trinajstić information content (AvgIpc) is 2.98. The Hall–Kier alpha value is -2.50. The molecule has 1 aromatic carbocycles. The van der Waals surface area contributed by atoms with Gasteiger partial charge in [-0.25, -0.2) is 4.68 Å². The molecule has 2 aromatic rings. The second-order valence-electron chi connectivity index (χ2n) is 4.77. The van der Waals surface area contributed by atoms with Crippen LogP contribution in [0.15, 0.2) is 36.5 Å². The Bertz CT molecular complexity index is 675. The van der Waals surface area contributed by atoms with Gasteiger partial charge in [-0.2, -0.15) is 0 Å². The number of benzene rings is 1. The van der Waals surface area contributed by atoms with Crippen molar-refractivity contribution in [2.75, 3.05) is 0 Å². The molecular weight excluding hydrogens is 256 g/mol. The topological polar surface area (TPSA) is 73.8 Å². The molecular formula is C14H14N4O2. The number of allylic oxidation sites excluding steroid dienone is 2. The summed E-state index contributed by atoms with van der Waals surface area (Å²) in [6, 6.07) is 6.54. The monoisotopic (exact) mass is 270 g/mol. The first-order chi connectivity index (χ1) is 9.75. The zero-order valence-corrected chi connectivity index (χ0v) is 10.9. The van der Waals surface area contributed by atoms with Crippen molar-refractivity contribution < 1.29 is 4.92 Å². The van der Waals surface area contributed by atoms with Gasteiger partial charge in [0.25, 0.3) is 5.69 Å². The molecule has 3 rings (SSSR count). The fourth-order valence-corrected chi connectivity index (χ4v) is 2.41. The zero-order valence-electron chi connectivity index (χ0n) is 10.9. The molecule has 6 heteroatoms. The lowest BCUT2D eigenvalue weighted by molar-refractivity contribution is -0.384. The minimum atomic E-state index is -0.406. The van der Waals surface area contributed by atoms with Crippen LogP contribution in [-0.2, 0) is 0 Å². The molecule has 102 valence electrons. The van der Waals surface area contributed by atoms with E-state index < -0.39 is 4.92 Å². The van der Waals surface area contributed by atoms with Crippen molar-refractivity contribution in [3.63, 3.8) is 0 Å². The normalized spacial score (nSPS) is 14.9. The minimum Gasteiger partial charge on any atom is -0.258 e. The van der Waals surface area contributed by atoms with Crippen LogP contribution in [0.1, 0.15) is 31.4 Å². The average molecular weight is 270 g/mol. The number of aromatic nitrogens is 3. The van der Waals surface area contributed by atoms with Crippen LogP contribution < -0.4 is 0 Å². The zero-order chi connectivity index (χ0) is 13.9. The number of para-hydroxylation sites is 2. The predicted octanol–water partition coefficient (Wildman–Crippen LogP) is 3.13. The Balaban J connectivity index is 1.98. The van der Waals surface area contributed by atoms with Crippen molar-refractivity contribution in [3.8, 4) is 5.69 Å². The number of hydrogen-bond acceptors (Lipinski definition) is 4. The fraction of sp³-hybridized carbons (Fsp3) is 0.286. The van der Waals surface area contributed by atoms with E-state index in [1.54, 1.807) is 24.4 Å². The van der Waals surface area contributed by atoms with Gasteiger partial charge in [0.2, 0.25) is 0 Å². The summed E-state index contributed by atoms with van der Waals surface area (Å²) in [5, 5.41) is 19.2. The lowest BCUT2D eigenvalue weighted by Crippen LogP contribution is -2.00. The van der Waals surface area contributed by atoms with Crippen LogP contribution in [0.2, 0.25) is 0 Å². The van der Waals surface area contributed by atoms with E-state index in [0.29, 0.717) is 5.69 Å². The number of nitrogens with zero attached hydrogens (tertiary/aromatic N) is 4. The summed E-state index contributed by atoms with van der Waals surface area (Å²) >= 11 is 0. The summed E-state index contributed by atoms with van der Waals surface area (Å²) in [5.74, 6) is 0. The van der Waals surface area contributed by atoms with Gasteiger partial charge >= 0.3 is 0 Å². The first kappa shape index (κ1) is 12.5. The van der Waals surface area contributed by atoms with E-state index in [1.165, 1.54) is 22.7 Å². The molecule has 0 saturated carbocycles. The van der Waals surface area contributed by atoms with E-state index in [0.717, 1.165) is 25.0 Å². The van der Waals surface area contributed by atoms with Gasteiger partial charge in [-0.05, 0) is 37.3 Å². The fourth-order valence-electron chi connectivity index (χ4n) is 2.41. The number of hydrogen-bond donors (Lipinski definition) is 0. The molecule has 0 bridgehead atoms. The van der Waals surface area contributed by atoms with Crippen molar-refractivity contribution >= 4 is 11.3 Å². The van der Waals surface area contributed by atoms with Crippen LogP contribution in [0.4, 0.5) is 5.69 Å². The SMILES string of the molecule is O=[N+]([O-])c1ccccc1-n1cc(C2=CCCCC2)nn1. The highest BCUT2D eigenvalue weighted by atomic mass is 16.6. The van der Waals surface area contributed by atoms with Crippen LogP contribution in [0, 0.1) is 10.1 Å². The molecule has 0 N–H and O–H groups in total. The van der Waals surface area contributed by atoms with Crippen molar-refractivity contribution in [1.29, 1.82) is 0 Å². The van der Waals surface area contributed by atoms with Crippen LogP contribution in [0.25, 0.3) is 11.3 Å². The van der Waals surface area contributed by atoms with Gasteiger partial charge < -0.3 is 0 Å². The molecule has 0 fully saturated rings. The van der Waals surface area contributed by atoms with E-state index in [-0.39, 0.29) is 5.69 Å². The van der Waals surface area contributed by atoms with Gasteiger partial charge in [-0.3, -0.25) is 10.1 Å². The van der Waals surface area contributed by atoms with Crippen molar-refractivity contribution in [2.24, 2.45) is 0 Å². The molecule has 20 heavy (non-hydrogen) atoms. The second-order valence-corrected chi connectivity index (χ2v) is 4.77. The molecule has 0 atom stereocenters. The predicted molar refractivity (Wildman–Crippen MR) is 74.5 cm³/mol. The quantitative estimate of drug-likeness (QED) is 0.634. The van der Waals surface area contributed by atoms with E-state index in [9.17, 15) is 10.1 Å². The summed E-state index contributed by atoms with van der Waals surface area (Å²) in [5.41, 5.74) is 2.46. The molecule has 6 nitrogen and oxygen atoms in total. The Morgan fingerprint density at radius 1 is 1.25 bits per heavy atom. The summed E-state index contributed by atoms with van der Waals surface area (Å²) in [7, 11) is 0.